The molecule has 102 valence electrons. The predicted molar refractivity (Wildman–Crippen MR) is 87.4 cm³/mol. The fourth-order valence-electron chi connectivity index (χ4n) is 2.82. The second kappa shape index (κ2) is 4.97. The maximum atomic E-state index is 6.10. The number of halogens is 1. The SMILES string of the molecule is Clc1ccc2c(c1)CCN=C2c1cnc2ccccc2c1. The Bertz CT molecular complexity index is 868. The van der Waals surface area contributed by atoms with E-state index < -0.39 is 0 Å². The molecule has 0 saturated carbocycles. The summed E-state index contributed by atoms with van der Waals surface area (Å²) < 4.78 is 0. The van der Waals surface area contributed by atoms with E-state index in [2.05, 4.69) is 23.2 Å². The number of aromatic nitrogens is 1. The lowest BCUT2D eigenvalue weighted by Gasteiger charge is -2.17. The molecule has 4 rings (SSSR count). The fourth-order valence-corrected chi connectivity index (χ4v) is 3.02. The van der Waals surface area contributed by atoms with Crippen molar-refractivity contribution in [3.8, 4) is 0 Å². The van der Waals surface area contributed by atoms with Gasteiger partial charge in [0.15, 0.2) is 0 Å². The maximum Gasteiger partial charge on any atom is 0.0737 e. The molecule has 0 unspecified atom stereocenters. The van der Waals surface area contributed by atoms with E-state index in [1.165, 1.54) is 11.1 Å². The summed E-state index contributed by atoms with van der Waals surface area (Å²) in [7, 11) is 0. The third kappa shape index (κ3) is 2.22. The van der Waals surface area contributed by atoms with E-state index in [4.69, 9.17) is 16.6 Å². The summed E-state index contributed by atoms with van der Waals surface area (Å²) >= 11 is 6.10. The zero-order valence-corrected chi connectivity index (χ0v) is 12.1. The molecule has 1 aliphatic rings. The fraction of sp³-hybridized carbons (Fsp3) is 0.111. The molecule has 1 aliphatic heterocycles. The molecular formula is C18H13ClN2. The van der Waals surface area contributed by atoms with Gasteiger partial charge in [-0.3, -0.25) is 9.98 Å². The van der Waals surface area contributed by atoms with Crippen LogP contribution < -0.4 is 0 Å². The summed E-state index contributed by atoms with van der Waals surface area (Å²) in [6.07, 6.45) is 2.85. The lowest BCUT2D eigenvalue weighted by Crippen LogP contribution is -2.14. The van der Waals surface area contributed by atoms with Crippen LogP contribution in [-0.2, 0) is 6.42 Å². The van der Waals surface area contributed by atoms with Gasteiger partial charge in [0.05, 0.1) is 11.2 Å². The van der Waals surface area contributed by atoms with Gasteiger partial charge < -0.3 is 0 Å². The van der Waals surface area contributed by atoms with E-state index in [1.54, 1.807) is 0 Å². The standard InChI is InChI=1S/C18H13ClN2/c19-15-5-6-16-12(10-15)7-8-20-18(16)14-9-13-3-1-2-4-17(13)21-11-14/h1-6,9-11H,7-8H2. The minimum absolute atomic E-state index is 0.784. The molecule has 0 fully saturated rings. The number of pyridine rings is 1. The number of fused-ring (bicyclic) bond motifs is 2. The van der Waals surface area contributed by atoms with Crippen molar-refractivity contribution in [2.24, 2.45) is 4.99 Å². The van der Waals surface area contributed by atoms with Crippen molar-refractivity contribution in [3.05, 3.63) is 76.4 Å². The van der Waals surface area contributed by atoms with Crippen LogP contribution in [0.2, 0.25) is 5.02 Å². The molecule has 0 radical (unpaired) electrons. The second-order valence-corrected chi connectivity index (χ2v) is 5.63. The lowest BCUT2D eigenvalue weighted by atomic mass is 9.93. The molecule has 2 heterocycles. The van der Waals surface area contributed by atoms with Crippen LogP contribution in [0.25, 0.3) is 10.9 Å². The van der Waals surface area contributed by atoms with Crippen LogP contribution in [0.4, 0.5) is 0 Å². The normalized spacial score (nSPS) is 13.9. The highest BCUT2D eigenvalue weighted by atomic mass is 35.5. The van der Waals surface area contributed by atoms with Gasteiger partial charge in [0.2, 0.25) is 0 Å². The molecule has 0 N–H and O–H groups in total. The molecule has 3 aromatic rings. The molecular weight excluding hydrogens is 280 g/mol. The van der Waals surface area contributed by atoms with Gasteiger partial charge in [-0.15, -0.1) is 0 Å². The third-order valence-electron chi connectivity index (χ3n) is 3.84. The molecule has 0 atom stereocenters. The van der Waals surface area contributed by atoms with Gasteiger partial charge in [0, 0.05) is 34.3 Å². The number of hydrogen-bond donors (Lipinski definition) is 0. The van der Waals surface area contributed by atoms with Gasteiger partial charge in [-0.25, -0.2) is 0 Å². The van der Waals surface area contributed by atoms with Crippen molar-refractivity contribution in [1.82, 2.24) is 4.98 Å². The van der Waals surface area contributed by atoms with Crippen LogP contribution in [0, 0.1) is 0 Å². The van der Waals surface area contributed by atoms with E-state index in [-0.39, 0.29) is 0 Å². The minimum Gasteiger partial charge on any atom is -0.284 e. The summed E-state index contributed by atoms with van der Waals surface area (Å²) in [4.78, 5) is 9.25. The summed E-state index contributed by atoms with van der Waals surface area (Å²) in [6.45, 7) is 0.801. The van der Waals surface area contributed by atoms with Gasteiger partial charge in [-0.05, 0) is 36.2 Å². The van der Waals surface area contributed by atoms with Gasteiger partial charge in [-0.1, -0.05) is 35.9 Å². The monoisotopic (exact) mass is 292 g/mol. The summed E-state index contributed by atoms with van der Waals surface area (Å²) in [5.41, 5.74) is 5.53. The Morgan fingerprint density at radius 3 is 2.86 bits per heavy atom. The molecule has 2 aromatic carbocycles. The van der Waals surface area contributed by atoms with Crippen LogP contribution in [-0.4, -0.2) is 17.2 Å². The van der Waals surface area contributed by atoms with Gasteiger partial charge in [-0.2, -0.15) is 0 Å². The first kappa shape index (κ1) is 12.5. The van der Waals surface area contributed by atoms with Gasteiger partial charge >= 0.3 is 0 Å². The smallest absolute Gasteiger partial charge is 0.0737 e. The first-order chi connectivity index (χ1) is 10.3. The van der Waals surface area contributed by atoms with E-state index in [9.17, 15) is 0 Å². The van der Waals surface area contributed by atoms with E-state index in [0.717, 1.165) is 40.2 Å². The zero-order valence-electron chi connectivity index (χ0n) is 11.4. The Morgan fingerprint density at radius 1 is 1.00 bits per heavy atom. The minimum atomic E-state index is 0.784. The van der Waals surface area contributed by atoms with Crippen molar-refractivity contribution in [2.45, 2.75) is 6.42 Å². The molecule has 0 bridgehead atoms. The molecule has 1 aromatic heterocycles. The highest BCUT2D eigenvalue weighted by Crippen LogP contribution is 2.24. The number of nitrogens with zero attached hydrogens (tertiary/aromatic N) is 2. The average Bonchev–Trinajstić information content (AvgIpc) is 2.53. The van der Waals surface area contributed by atoms with E-state index in [0.29, 0.717) is 0 Å². The predicted octanol–water partition coefficient (Wildman–Crippen LogP) is 4.28. The topological polar surface area (TPSA) is 25.2 Å². The number of aliphatic imine (C=N–C) groups is 1. The molecule has 21 heavy (non-hydrogen) atoms. The highest BCUT2D eigenvalue weighted by molar-refractivity contribution is 6.31. The number of benzene rings is 2. The Balaban J connectivity index is 1.87. The molecule has 0 aliphatic carbocycles. The maximum absolute atomic E-state index is 6.10. The molecule has 3 heteroatoms. The van der Waals surface area contributed by atoms with Crippen molar-refractivity contribution in [1.29, 1.82) is 0 Å². The molecule has 0 spiro atoms. The summed E-state index contributed by atoms with van der Waals surface area (Å²) in [5, 5.41) is 1.92. The van der Waals surface area contributed by atoms with Crippen molar-refractivity contribution in [2.75, 3.05) is 6.54 Å². The Kier molecular flexibility index (Phi) is 2.97. The first-order valence-corrected chi connectivity index (χ1v) is 7.37. The number of para-hydroxylation sites is 1. The first-order valence-electron chi connectivity index (χ1n) is 7.00. The lowest BCUT2D eigenvalue weighted by molar-refractivity contribution is 0.944. The molecule has 0 amide bonds. The quantitative estimate of drug-likeness (QED) is 0.657. The largest absolute Gasteiger partial charge is 0.284 e. The second-order valence-electron chi connectivity index (χ2n) is 5.20. The molecule has 0 saturated heterocycles. The highest BCUT2D eigenvalue weighted by Gasteiger charge is 2.16. The van der Waals surface area contributed by atoms with Crippen LogP contribution in [0.15, 0.2) is 59.7 Å². The zero-order chi connectivity index (χ0) is 14.2. The summed E-state index contributed by atoms with van der Waals surface area (Å²) in [6, 6.07) is 16.3. The Labute approximate surface area is 128 Å². The van der Waals surface area contributed by atoms with Crippen molar-refractivity contribution < 1.29 is 0 Å². The number of hydrogen-bond acceptors (Lipinski definition) is 2. The Morgan fingerprint density at radius 2 is 1.90 bits per heavy atom. The third-order valence-corrected chi connectivity index (χ3v) is 4.07. The van der Waals surface area contributed by atoms with Crippen molar-refractivity contribution >= 4 is 28.2 Å². The molecule has 2 nitrogen and oxygen atoms in total. The summed E-state index contributed by atoms with van der Waals surface area (Å²) in [5.74, 6) is 0. The van der Waals surface area contributed by atoms with Crippen LogP contribution >= 0.6 is 11.6 Å². The van der Waals surface area contributed by atoms with E-state index >= 15 is 0 Å². The average molecular weight is 293 g/mol. The Hall–Kier alpha value is -2.19. The number of rotatable bonds is 1. The van der Waals surface area contributed by atoms with Crippen LogP contribution in [0.5, 0.6) is 0 Å². The van der Waals surface area contributed by atoms with E-state index in [1.807, 2.05) is 36.5 Å². The van der Waals surface area contributed by atoms with Crippen molar-refractivity contribution in [3.63, 3.8) is 0 Å². The van der Waals surface area contributed by atoms with Gasteiger partial charge in [0.1, 0.15) is 0 Å². The van der Waals surface area contributed by atoms with Crippen LogP contribution in [0.1, 0.15) is 16.7 Å². The van der Waals surface area contributed by atoms with Crippen LogP contribution in [0.3, 0.4) is 0 Å². The van der Waals surface area contributed by atoms with Gasteiger partial charge in [0.25, 0.3) is 0 Å².